The second kappa shape index (κ2) is 12.9. The third-order valence-electron chi connectivity index (χ3n) is 7.92. The number of nitrogens with one attached hydrogen (secondary N) is 1. The van der Waals surface area contributed by atoms with Gasteiger partial charge in [-0.25, -0.2) is 4.98 Å². The number of carbonyl (C=O) groups excluding carboxylic acids is 1. The Labute approximate surface area is 251 Å². The molecule has 1 fully saturated rings. The first-order valence-corrected chi connectivity index (χ1v) is 15.7. The number of amides is 1. The maximum Gasteiger partial charge on any atom is 0.269 e. The SMILES string of the molecule is CC(C)(C)[S+]([O-])N1Cc2cc(C(=O)NCCN3CCCC3)nc(-c3cccc(-c4ccc(C#N)cc4)c3)c2[C@H]1CCO. The fraction of sp³-hybridized carbons (Fsp3) is 0.424. The first-order chi connectivity index (χ1) is 20.2. The molecule has 2 N–H and O–H groups in total. The number of fused-ring (bicyclic) bond motifs is 1. The quantitative estimate of drug-likeness (QED) is 0.346. The second-order valence-corrected chi connectivity index (χ2v) is 14.2. The molecule has 3 aromatic rings. The van der Waals surface area contributed by atoms with E-state index in [0.29, 0.717) is 36.5 Å². The van der Waals surface area contributed by atoms with E-state index in [1.807, 2.05) is 67.5 Å². The zero-order valence-electron chi connectivity index (χ0n) is 24.6. The average molecular weight is 586 g/mol. The number of carbonyl (C=O) groups is 1. The summed E-state index contributed by atoms with van der Waals surface area (Å²) in [5, 5.41) is 22.3. The molecule has 3 heterocycles. The minimum atomic E-state index is -1.33. The van der Waals surface area contributed by atoms with Crippen LogP contribution in [-0.2, 0) is 17.9 Å². The Balaban J connectivity index is 1.55. The van der Waals surface area contributed by atoms with Crippen molar-refractivity contribution < 1.29 is 14.5 Å². The Bertz CT molecular complexity index is 1460. The van der Waals surface area contributed by atoms with E-state index in [2.05, 4.69) is 16.3 Å². The molecule has 0 aliphatic carbocycles. The van der Waals surface area contributed by atoms with Crippen LogP contribution in [0.15, 0.2) is 54.6 Å². The van der Waals surface area contributed by atoms with Crippen molar-refractivity contribution in [1.82, 2.24) is 19.5 Å². The number of aromatic nitrogens is 1. The highest BCUT2D eigenvalue weighted by Gasteiger charge is 2.45. The smallest absolute Gasteiger partial charge is 0.269 e. The molecule has 2 aromatic carbocycles. The highest BCUT2D eigenvalue weighted by atomic mass is 32.2. The van der Waals surface area contributed by atoms with Gasteiger partial charge in [0, 0.05) is 42.2 Å². The standard InChI is InChI=1S/C33H39N5O3S/c1-33(2,3)42(41)38-22-27-20-28(32(40)35-14-17-37-15-4-5-16-37)36-31(30(27)29(38)13-18-39)26-8-6-7-25(19-26)24-11-9-23(21-34)10-12-24/h6-12,19-20,29,39H,4-5,13-18,22H2,1-3H3,(H,35,40)/t29-,42?/m1/s1. The molecule has 0 spiro atoms. The Kier molecular flexibility index (Phi) is 9.31. The van der Waals surface area contributed by atoms with E-state index in [1.165, 1.54) is 12.8 Å². The lowest BCUT2D eigenvalue weighted by molar-refractivity contribution is 0.0944. The monoisotopic (exact) mass is 585 g/mol. The number of nitrogens with zero attached hydrogens (tertiary/aromatic N) is 4. The van der Waals surface area contributed by atoms with Gasteiger partial charge in [-0.15, -0.1) is 4.31 Å². The lowest BCUT2D eigenvalue weighted by Crippen LogP contribution is -2.42. The van der Waals surface area contributed by atoms with Gasteiger partial charge in [0.25, 0.3) is 5.91 Å². The Morgan fingerprint density at radius 3 is 2.50 bits per heavy atom. The third kappa shape index (κ3) is 6.54. The lowest BCUT2D eigenvalue weighted by atomic mass is 9.94. The minimum Gasteiger partial charge on any atom is -0.597 e. The molecule has 1 unspecified atom stereocenters. The van der Waals surface area contributed by atoms with Crippen LogP contribution in [0.1, 0.15) is 73.3 Å². The summed E-state index contributed by atoms with van der Waals surface area (Å²) < 4.78 is 15.1. The second-order valence-electron chi connectivity index (χ2n) is 12.0. The average Bonchev–Trinajstić information content (AvgIpc) is 3.64. The zero-order chi connectivity index (χ0) is 29.9. The molecule has 1 aromatic heterocycles. The van der Waals surface area contributed by atoms with Crippen LogP contribution in [0, 0.1) is 11.3 Å². The number of likely N-dealkylation sites (tertiary alicyclic amines) is 1. The number of rotatable bonds is 9. The minimum absolute atomic E-state index is 0.0641. The van der Waals surface area contributed by atoms with Crippen molar-refractivity contribution in [2.24, 2.45) is 0 Å². The molecule has 1 saturated heterocycles. The fourth-order valence-corrected chi connectivity index (χ4v) is 7.21. The summed E-state index contributed by atoms with van der Waals surface area (Å²) in [6, 6.07) is 19.1. The fourth-order valence-electron chi connectivity index (χ4n) is 5.81. The third-order valence-corrected chi connectivity index (χ3v) is 9.78. The molecule has 0 bridgehead atoms. The van der Waals surface area contributed by atoms with E-state index in [-0.39, 0.29) is 18.6 Å². The number of hydrogen-bond donors (Lipinski definition) is 2. The summed E-state index contributed by atoms with van der Waals surface area (Å²) in [5.74, 6) is -0.226. The Morgan fingerprint density at radius 2 is 1.83 bits per heavy atom. The van der Waals surface area contributed by atoms with Crippen LogP contribution < -0.4 is 5.32 Å². The molecule has 1 amide bonds. The molecule has 2 atom stereocenters. The summed E-state index contributed by atoms with van der Waals surface area (Å²) in [7, 11) is 0. The van der Waals surface area contributed by atoms with Crippen LogP contribution in [0.4, 0.5) is 0 Å². The number of aliphatic hydroxyl groups is 1. The highest BCUT2D eigenvalue weighted by molar-refractivity contribution is 7.90. The van der Waals surface area contributed by atoms with E-state index in [0.717, 1.165) is 47.5 Å². The van der Waals surface area contributed by atoms with Crippen molar-refractivity contribution in [3.8, 4) is 28.5 Å². The Hall–Kier alpha value is -3.26. The van der Waals surface area contributed by atoms with Crippen LogP contribution >= 0.6 is 0 Å². The Morgan fingerprint density at radius 1 is 1.12 bits per heavy atom. The topological polar surface area (TPSA) is 116 Å². The molecule has 0 radical (unpaired) electrons. The largest absolute Gasteiger partial charge is 0.597 e. The molecule has 2 aliphatic heterocycles. The molecule has 8 nitrogen and oxygen atoms in total. The number of aliphatic hydroxyl groups excluding tert-OH is 1. The first kappa shape index (κ1) is 30.2. The molecule has 0 saturated carbocycles. The maximum absolute atomic E-state index is 13.7. The van der Waals surface area contributed by atoms with E-state index < -0.39 is 16.1 Å². The van der Waals surface area contributed by atoms with Gasteiger partial charge in [-0.05, 0) is 94.1 Å². The summed E-state index contributed by atoms with van der Waals surface area (Å²) in [6.07, 6.45) is 2.81. The maximum atomic E-state index is 13.7. The van der Waals surface area contributed by atoms with Crippen LogP contribution in [0.25, 0.3) is 22.4 Å². The molecule has 5 rings (SSSR count). The zero-order valence-corrected chi connectivity index (χ0v) is 25.4. The van der Waals surface area contributed by atoms with Gasteiger partial charge in [0.05, 0.1) is 29.9 Å². The van der Waals surface area contributed by atoms with Crippen LogP contribution in [0.3, 0.4) is 0 Å². The van der Waals surface area contributed by atoms with Crippen LogP contribution in [-0.4, -0.2) is 67.3 Å². The highest BCUT2D eigenvalue weighted by Crippen LogP contribution is 2.45. The summed E-state index contributed by atoms with van der Waals surface area (Å²) >= 11 is -1.33. The van der Waals surface area contributed by atoms with Gasteiger partial charge in [0.15, 0.2) is 0 Å². The van der Waals surface area contributed by atoms with Gasteiger partial charge in [-0.2, -0.15) is 5.26 Å². The van der Waals surface area contributed by atoms with E-state index in [1.54, 1.807) is 12.1 Å². The molecular formula is C33H39N5O3S. The van der Waals surface area contributed by atoms with Gasteiger partial charge < -0.3 is 19.9 Å². The number of benzene rings is 2. The summed E-state index contributed by atoms with van der Waals surface area (Å²) in [6.45, 7) is 9.68. The van der Waals surface area contributed by atoms with Crippen LogP contribution in [0.5, 0.6) is 0 Å². The van der Waals surface area contributed by atoms with Crippen molar-refractivity contribution in [2.75, 3.05) is 32.8 Å². The van der Waals surface area contributed by atoms with Gasteiger partial charge in [0.2, 0.25) is 0 Å². The van der Waals surface area contributed by atoms with E-state index in [4.69, 9.17) is 4.98 Å². The first-order valence-electron chi connectivity index (χ1n) is 14.6. The van der Waals surface area contributed by atoms with Gasteiger partial charge in [-0.3, -0.25) is 4.79 Å². The van der Waals surface area contributed by atoms with Crippen molar-refractivity contribution in [2.45, 2.75) is 57.4 Å². The van der Waals surface area contributed by atoms with Crippen molar-refractivity contribution >= 4 is 17.3 Å². The van der Waals surface area contributed by atoms with Crippen molar-refractivity contribution in [1.29, 1.82) is 5.26 Å². The predicted octanol–water partition coefficient (Wildman–Crippen LogP) is 4.81. The van der Waals surface area contributed by atoms with Gasteiger partial charge in [-0.1, -0.05) is 30.3 Å². The number of nitriles is 1. The molecule has 220 valence electrons. The lowest BCUT2D eigenvalue weighted by Gasteiger charge is -2.33. The molecular weight excluding hydrogens is 546 g/mol. The summed E-state index contributed by atoms with van der Waals surface area (Å²) in [5.41, 5.74) is 6.17. The van der Waals surface area contributed by atoms with E-state index in [9.17, 15) is 19.7 Å². The van der Waals surface area contributed by atoms with Gasteiger partial charge >= 0.3 is 0 Å². The summed E-state index contributed by atoms with van der Waals surface area (Å²) in [4.78, 5) is 20.7. The molecule has 2 aliphatic rings. The predicted molar refractivity (Wildman–Crippen MR) is 166 cm³/mol. The number of hydrogen-bond acceptors (Lipinski definition) is 7. The normalized spacial score (nSPS) is 18.0. The van der Waals surface area contributed by atoms with Crippen molar-refractivity contribution in [3.05, 3.63) is 77.0 Å². The van der Waals surface area contributed by atoms with E-state index >= 15 is 0 Å². The number of pyridine rings is 1. The van der Waals surface area contributed by atoms with Gasteiger partial charge in [0.1, 0.15) is 10.4 Å². The molecule has 9 heteroatoms. The van der Waals surface area contributed by atoms with Crippen molar-refractivity contribution in [3.63, 3.8) is 0 Å². The molecule has 42 heavy (non-hydrogen) atoms. The van der Waals surface area contributed by atoms with Crippen LogP contribution in [0.2, 0.25) is 0 Å².